The molecule has 0 bridgehead atoms. The van der Waals surface area contributed by atoms with Gasteiger partial charge in [0.05, 0.1) is 5.41 Å². The molecule has 4 aromatic rings. The SMILES string of the molecule is CCO[Si](OCC)(OCC)C1=C(c2ccc(SC)cc2)C(Cc2ccc(SC)cc2)(c2ccc(SC)cc2)c2cc(SC)ccc21. The first kappa shape index (κ1) is 35.4. The lowest BCUT2D eigenvalue weighted by Crippen LogP contribution is -2.48. The molecule has 242 valence electrons. The number of hydrogen-bond acceptors (Lipinski definition) is 7. The van der Waals surface area contributed by atoms with Crippen LogP contribution in [-0.2, 0) is 25.1 Å². The highest BCUT2D eigenvalue weighted by atomic mass is 32.2. The summed E-state index contributed by atoms with van der Waals surface area (Å²) >= 11 is 7.09. The molecule has 4 aromatic carbocycles. The van der Waals surface area contributed by atoms with Crippen LogP contribution in [0.5, 0.6) is 0 Å². The van der Waals surface area contributed by atoms with Crippen LogP contribution in [0.2, 0.25) is 0 Å². The van der Waals surface area contributed by atoms with Gasteiger partial charge in [-0.25, -0.2) is 0 Å². The van der Waals surface area contributed by atoms with Crippen LogP contribution in [0.1, 0.15) is 48.6 Å². The maximum Gasteiger partial charge on any atom is 0.538 e. The average Bonchev–Trinajstić information content (AvgIpc) is 3.39. The Labute approximate surface area is 294 Å². The predicted octanol–water partition coefficient (Wildman–Crippen LogP) is 10.6. The third-order valence-corrected chi connectivity index (χ3v) is 14.6. The molecule has 1 aliphatic carbocycles. The fourth-order valence-corrected chi connectivity index (χ4v) is 11.3. The van der Waals surface area contributed by atoms with Crippen molar-refractivity contribution in [3.05, 3.63) is 119 Å². The zero-order chi connectivity index (χ0) is 32.7. The zero-order valence-corrected chi connectivity index (χ0v) is 32.1. The molecule has 8 heteroatoms. The first-order valence-corrected chi connectivity index (χ1v) is 22.3. The molecule has 5 rings (SSSR count). The van der Waals surface area contributed by atoms with E-state index in [1.165, 1.54) is 53.0 Å². The van der Waals surface area contributed by atoms with Crippen molar-refractivity contribution < 1.29 is 13.3 Å². The molecule has 0 heterocycles. The maximum absolute atomic E-state index is 6.77. The van der Waals surface area contributed by atoms with E-state index >= 15 is 0 Å². The highest BCUT2D eigenvalue weighted by Crippen LogP contribution is 2.59. The van der Waals surface area contributed by atoms with E-state index in [1.54, 1.807) is 47.0 Å². The Hall–Kier alpha value is -1.88. The standard InChI is InChI=1S/C38H44O3S4Si/c1-8-39-46(40-9-2,41-10-3)37-34-24-23-33(45-7)25-35(34)38(29-15-21-32(44-6)22-16-29,26-27-11-17-30(42-4)18-12-27)36(37)28-13-19-31(43-5)20-14-28/h11-25H,8-10,26H2,1-7H3. The third-order valence-electron chi connectivity index (χ3n) is 8.53. The van der Waals surface area contributed by atoms with Gasteiger partial charge in [0, 0.05) is 44.6 Å². The third kappa shape index (κ3) is 6.83. The van der Waals surface area contributed by atoms with Gasteiger partial charge in [-0.2, -0.15) is 0 Å². The van der Waals surface area contributed by atoms with E-state index in [1.807, 2.05) is 20.8 Å². The molecule has 0 amide bonds. The van der Waals surface area contributed by atoms with Gasteiger partial charge < -0.3 is 13.3 Å². The van der Waals surface area contributed by atoms with Crippen molar-refractivity contribution in [2.24, 2.45) is 0 Å². The minimum absolute atomic E-state index is 0.498. The van der Waals surface area contributed by atoms with Gasteiger partial charge in [0.15, 0.2) is 0 Å². The highest BCUT2D eigenvalue weighted by Gasteiger charge is 2.57. The molecule has 0 aliphatic heterocycles. The summed E-state index contributed by atoms with van der Waals surface area (Å²) in [6.07, 6.45) is 9.33. The second kappa shape index (κ2) is 16.0. The number of hydrogen-bond donors (Lipinski definition) is 0. The maximum atomic E-state index is 6.77. The van der Waals surface area contributed by atoms with E-state index in [-0.39, 0.29) is 0 Å². The van der Waals surface area contributed by atoms with Gasteiger partial charge in [-0.15, -0.1) is 47.0 Å². The molecule has 46 heavy (non-hydrogen) atoms. The van der Waals surface area contributed by atoms with Gasteiger partial charge in [-0.3, -0.25) is 0 Å². The number of allylic oxidation sites excluding steroid dienone is 1. The van der Waals surface area contributed by atoms with Crippen LogP contribution in [0.4, 0.5) is 0 Å². The molecule has 0 saturated heterocycles. The Morgan fingerprint density at radius 2 is 1.02 bits per heavy atom. The van der Waals surface area contributed by atoms with Crippen molar-refractivity contribution in [1.82, 2.24) is 0 Å². The van der Waals surface area contributed by atoms with E-state index in [0.29, 0.717) is 19.8 Å². The molecule has 0 aromatic heterocycles. The Morgan fingerprint density at radius 3 is 1.50 bits per heavy atom. The van der Waals surface area contributed by atoms with Gasteiger partial charge in [-0.05, 0) is 134 Å². The zero-order valence-electron chi connectivity index (χ0n) is 27.8. The lowest BCUT2D eigenvalue weighted by molar-refractivity contribution is 0.0872. The van der Waals surface area contributed by atoms with E-state index < -0.39 is 14.2 Å². The van der Waals surface area contributed by atoms with Gasteiger partial charge in [-0.1, -0.05) is 42.5 Å². The smallest absolute Gasteiger partial charge is 0.370 e. The van der Waals surface area contributed by atoms with Crippen LogP contribution < -0.4 is 0 Å². The fourth-order valence-electron chi connectivity index (χ4n) is 6.59. The quantitative estimate of drug-likeness (QED) is 0.0898. The summed E-state index contributed by atoms with van der Waals surface area (Å²) in [5.74, 6) is 0. The van der Waals surface area contributed by atoms with Gasteiger partial charge >= 0.3 is 8.80 Å². The minimum atomic E-state index is -3.42. The van der Waals surface area contributed by atoms with Crippen molar-refractivity contribution in [3.63, 3.8) is 0 Å². The van der Waals surface area contributed by atoms with Crippen LogP contribution in [0, 0.1) is 0 Å². The molecule has 3 nitrogen and oxygen atoms in total. The molecule has 0 spiro atoms. The molecule has 0 fully saturated rings. The molecule has 0 radical (unpaired) electrons. The largest absolute Gasteiger partial charge is 0.538 e. The van der Waals surface area contributed by atoms with Crippen molar-refractivity contribution in [1.29, 1.82) is 0 Å². The summed E-state index contributed by atoms with van der Waals surface area (Å²) in [4.78, 5) is 4.97. The van der Waals surface area contributed by atoms with Gasteiger partial charge in [0.25, 0.3) is 0 Å². The Morgan fingerprint density at radius 1 is 0.565 bits per heavy atom. The highest BCUT2D eigenvalue weighted by molar-refractivity contribution is 7.99. The van der Waals surface area contributed by atoms with E-state index in [9.17, 15) is 0 Å². The summed E-state index contributed by atoms with van der Waals surface area (Å²) in [5, 5.41) is 1.09. The van der Waals surface area contributed by atoms with Crippen LogP contribution in [0.3, 0.4) is 0 Å². The molecular formula is C38H44O3S4Si. The summed E-state index contributed by atoms with van der Waals surface area (Å²) in [5.41, 5.74) is 6.84. The van der Waals surface area contributed by atoms with Crippen molar-refractivity contribution in [3.8, 4) is 0 Å². The second-order valence-electron chi connectivity index (χ2n) is 10.9. The number of rotatable bonds is 15. The molecule has 1 atom stereocenters. The van der Waals surface area contributed by atoms with Crippen LogP contribution in [0.25, 0.3) is 10.8 Å². The monoisotopic (exact) mass is 704 g/mol. The second-order valence-corrected chi connectivity index (χ2v) is 16.9. The van der Waals surface area contributed by atoms with E-state index in [0.717, 1.165) is 11.6 Å². The first-order chi connectivity index (χ1) is 22.4. The van der Waals surface area contributed by atoms with Gasteiger partial charge in [0.1, 0.15) is 0 Å². The van der Waals surface area contributed by atoms with Crippen molar-refractivity contribution in [2.45, 2.75) is 52.2 Å². The van der Waals surface area contributed by atoms with E-state index in [4.69, 9.17) is 13.3 Å². The molecular weight excluding hydrogens is 661 g/mol. The number of thioether (sulfide) groups is 4. The van der Waals surface area contributed by atoms with Crippen molar-refractivity contribution >= 4 is 66.6 Å². The lowest BCUT2D eigenvalue weighted by Gasteiger charge is -2.37. The average molecular weight is 705 g/mol. The van der Waals surface area contributed by atoms with Gasteiger partial charge in [0.2, 0.25) is 0 Å². The number of fused-ring (bicyclic) bond motifs is 1. The molecule has 1 unspecified atom stereocenters. The normalized spacial score (nSPS) is 16.2. The first-order valence-electron chi connectivity index (χ1n) is 15.7. The fraction of sp³-hybridized carbons (Fsp3) is 0.316. The lowest BCUT2D eigenvalue weighted by atomic mass is 9.66. The molecule has 0 N–H and O–H groups in total. The van der Waals surface area contributed by atoms with Crippen LogP contribution in [0.15, 0.2) is 111 Å². The van der Waals surface area contributed by atoms with Crippen molar-refractivity contribution in [2.75, 3.05) is 44.8 Å². The summed E-state index contributed by atoms with van der Waals surface area (Å²) in [6, 6.07) is 34.3. The Balaban J connectivity index is 1.97. The summed E-state index contributed by atoms with van der Waals surface area (Å²) < 4.78 is 20.3. The molecule has 0 saturated carbocycles. The number of benzene rings is 4. The summed E-state index contributed by atoms with van der Waals surface area (Å²) in [6.45, 7) is 7.62. The van der Waals surface area contributed by atoms with Crippen LogP contribution in [-0.4, -0.2) is 53.6 Å². The summed E-state index contributed by atoms with van der Waals surface area (Å²) in [7, 11) is -3.42. The van der Waals surface area contributed by atoms with E-state index in [2.05, 4.69) is 116 Å². The molecule has 1 aliphatic rings. The Kier molecular flexibility index (Phi) is 12.3. The van der Waals surface area contributed by atoms with Crippen LogP contribution >= 0.6 is 47.0 Å². The predicted molar refractivity (Wildman–Crippen MR) is 205 cm³/mol. The minimum Gasteiger partial charge on any atom is -0.370 e. The topological polar surface area (TPSA) is 27.7 Å². The Bertz CT molecular complexity index is 1620.